The molecule has 3 heterocycles. The highest BCUT2D eigenvalue weighted by atomic mass is 16.2. The molecule has 0 aromatic carbocycles. The molecule has 1 saturated carbocycles. The Labute approximate surface area is 150 Å². The van der Waals surface area contributed by atoms with E-state index >= 15 is 0 Å². The molecular formula is C19H29N5O. The van der Waals surface area contributed by atoms with Crippen LogP contribution in [-0.4, -0.2) is 53.5 Å². The van der Waals surface area contributed by atoms with Crippen LogP contribution in [0.15, 0.2) is 12.3 Å². The number of rotatable bonds is 3. The molecule has 1 aromatic rings. The fourth-order valence-electron chi connectivity index (χ4n) is 4.94. The summed E-state index contributed by atoms with van der Waals surface area (Å²) in [5.74, 6) is 2.05. The molecule has 0 unspecified atom stereocenters. The summed E-state index contributed by atoms with van der Waals surface area (Å²) in [5, 5.41) is 3.10. The average Bonchev–Trinajstić information content (AvgIpc) is 3.19. The molecule has 1 spiro atoms. The van der Waals surface area contributed by atoms with Crippen LogP contribution in [0.25, 0.3) is 0 Å². The number of hydrogen-bond donors (Lipinski definition) is 1. The quantitative estimate of drug-likeness (QED) is 0.914. The molecule has 0 bridgehead atoms. The van der Waals surface area contributed by atoms with Crippen molar-refractivity contribution in [3.63, 3.8) is 0 Å². The Morgan fingerprint density at radius 1 is 1.20 bits per heavy atom. The Hall–Kier alpha value is -1.85. The van der Waals surface area contributed by atoms with Crippen LogP contribution in [0.4, 0.5) is 11.8 Å². The van der Waals surface area contributed by atoms with Crippen molar-refractivity contribution in [2.75, 3.05) is 36.9 Å². The summed E-state index contributed by atoms with van der Waals surface area (Å²) < 4.78 is 0. The van der Waals surface area contributed by atoms with Crippen molar-refractivity contribution in [2.45, 2.75) is 57.4 Å². The second kappa shape index (κ2) is 6.81. The van der Waals surface area contributed by atoms with Crippen LogP contribution in [0.1, 0.15) is 51.4 Å². The fraction of sp³-hybridized carbons (Fsp3) is 0.737. The Bertz CT molecular complexity index is 630. The van der Waals surface area contributed by atoms with Gasteiger partial charge in [-0.05, 0) is 38.2 Å². The number of nitrogens with zero attached hydrogens (tertiary/aromatic N) is 4. The highest BCUT2D eigenvalue weighted by Crippen LogP contribution is 2.41. The average molecular weight is 343 g/mol. The molecule has 2 saturated heterocycles. The van der Waals surface area contributed by atoms with Crippen molar-refractivity contribution in [3.05, 3.63) is 12.3 Å². The lowest BCUT2D eigenvalue weighted by Crippen LogP contribution is -2.56. The van der Waals surface area contributed by atoms with E-state index in [2.05, 4.69) is 25.1 Å². The zero-order valence-electron chi connectivity index (χ0n) is 15.2. The molecule has 25 heavy (non-hydrogen) atoms. The maximum absolute atomic E-state index is 12.5. The van der Waals surface area contributed by atoms with Crippen LogP contribution in [0.5, 0.6) is 0 Å². The number of amides is 1. The fourth-order valence-corrected chi connectivity index (χ4v) is 4.94. The molecule has 6 heteroatoms. The lowest BCUT2D eigenvalue weighted by molar-refractivity contribution is -0.140. The number of anilines is 2. The maximum atomic E-state index is 12.5. The smallest absolute Gasteiger partial charge is 0.227 e. The number of piperidine rings is 2. The monoisotopic (exact) mass is 343 g/mol. The van der Waals surface area contributed by atoms with E-state index in [4.69, 9.17) is 0 Å². The SMILES string of the molecule is CNc1ccnc(N2CCC[C@]3(CCC(=O)N(C4CCCC4)C3)C2)n1. The molecule has 3 fully saturated rings. The molecule has 3 aliphatic rings. The summed E-state index contributed by atoms with van der Waals surface area (Å²) in [6.45, 7) is 2.90. The number of nitrogens with one attached hydrogen (secondary N) is 1. The van der Waals surface area contributed by atoms with Crippen LogP contribution in [0.3, 0.4) is 0 Å². The van der Waals surface area contributed by atoms with E-state index in [1.807, 2.05) is 19.3 Å². The van der Waals surface area contributed by atoms with E-state index in [0.29, 0.717) is 18.4 Å². The topological polar surface area (TPSA) is 61.4 Å². The summed E-state index contributed by atoms with van der Waals surface area (Å²) in [7, 11) is 1.88. The first-order chi connectivity index (χ1) is 12.2. The zero-order valence-corrected chi connectivity index (χ0v) is 15.2. The van der Waals surface area contributed by atoms with Gasteiger partial charge in [0.05, 0.1) is 0 Å². The van der Waals surface area contributed by atoms with Crippen molar-refractivity contribution >= 4 is 17.7 Å². The highest BCUT2D eigenvalue weighted by molar-refractivity contribution is 5.77. The van der Waals surface area contributed by atoms with E-state index < -0.39 is 0 Å². The van der Waals surface area contributed by atoms with Crippen molar-refractivity contribution in [1.29, 1.82) is 0 Å². The van der Waals surface area contributed by atoms with Gasteiger partial charge >= 0.3 is 0 Å². The normalized spacial score (nSPS) is 28.0. The van der Waals surface area contributed by atoms with E-state index in [1.165, 1.54) is 32.1 Å². The van der Waals surface area contributed by atoms with Crippen molar-refractivity contribution in [2.24, 2.45) is 5.41 Å². The van der Waals surface area contributed by atoms with Gasteiger partial charge in [0.15, 0.2) is 0 Å². The van der Waals surface area contributed by atoms with E-state index in [-0.39, 0.29) is 5.41 Å². The van der Waals surface area contributed by atoms with Crippen LogP contribution >= 0.6 is 0 Å². The molecule has 1 atom stereocenters. The number of aromatic nitrogens is 2. The molecule has 6 nitrogen and oxygen atoms in total. The Balaban J connectivity index is 1.51. The first-order valence-corrected chi connectivity index (χ1v) is 9.74. The van der Waals surface area contributed by atoms with Gasteiger partial charge in [0, 0.05) is 50.8 Å². The number of carbonyl (C=O) groups is 1. The summed E-state index contributed by atoms with van der Waals surface area (Å²) >= 11 is 0. The second-order valence-corrected chi connectivity index (χ2v) is 7.98. The van der Waals surface area contributed by atoms with Gasteiger partial charge in [-0.1, -0.05) is 12.8 Å². The highest BCUT2D eigenvalue weighted by Gasteiger charge is 2.44. The molecule has 0 radical (unpaired) electrons. The zero-order chi connectivity index (χ0) is 17.3. The van der Waals surface area contributed by atoms with Gasteiger partial charge in [-0.2, -0.15) is 4.98 Å². The van der Waals surface area contributed by atoms with E-state index in [1.54, 1.807) is 0 Å². The van der Waals surface area contributed by atoms with Crippen LogP contribution in [0.2, 0.25) is 0 Å². The third-order valence-corrected chi connectivity index (χ3v) is 6.30. The maximum Gasteiger partial charge on any atom is 0.227 e. The minimum absolute atomic E-state index is 0.216. The molecule has 4 rings (SSSR count). The standard InChI is InChI=1S/C19H29N5O/c1-20-16-8-11-21-18(22-16)23-12-4-9-19(13-23)10-7-17(25)24(14-19)15-5-2-3-6-15/h8,11,15H,2-7,9-10,12-14H2,1H3,(H,20,21,22)/t19-/m0/s1. The Kier molecular flexibility index (Phi) is 4.52. The van der Waals surface area contributed by atoms with Gasteiger partial charge in [-0.3, -0.25) is 4.79 Å². The lowest BCUT2D eigenvalue weighted by atomic mass is 9.73. The first-order valence-electron chi connectivity index (χ1n) is 9.74. The molecule has 1 N–H and O–H groups in total. The van der Waals surface area contributed by atoms with Crippen molar-refractivity contribution in [3.8, 4) is 0 Å². The number of carbonyl (C=O) groups excluding carboxylic acids is 1. The van der Waals surface area contributed by atoms with Crippen LogP contribution < -0.4 is 10.2 Å². The summed E-state index contributed by atoms with van der Waals surface area (Å²) in [6, 6.07) is 2.38. The predicted molar refractivity (Wildman–Crippen MR) is 98.7 cm³/mol. The summed E-state index contributed by atoms with van der Waals surface area (Å²) in [6.07, 6.45) is 10.9. The molecule has 1 aromatic heterocycles. The van der Waals surface area contributed by atoms with Crippen LogP contribution in [-0.2, 0) is 4.79 Å². The van der Waals surface area contributed by atoms with Crippen molar-refractivity contribution in [1.82, 2.24) is 14.9 Å². The Morgan fingerprint density at radius 3 is 2.84 bits per heavy atom. The number of likely N-dealkylation sites (tertiary alicyclic amines) is 1. The molecule has 1 aliphatic carbocycles. The first kappa shape index (κ1) is 16.6. The third kappa shape index (κ3) is 3.31. The van der Waals surface area contributed by atoms with Gasteiger partial charge in [0.1, 0.15) is 5.82 Å². The van der Waals surface area contributed by atoms with Gasteiger partial charge in [-0.15, -0.1) is 0 Å². The van der Waals surface area contributed by atoms with Gasteiger partial charge in [0.2, 0.25) is 11.9 Å². The van der Waals surface area contributed by atoms with Gasteiger partial charge in [-0.25, -0.2) is 4.98 Å². The largest absolute Gasteiger partial charge is 0.373 e. The Morgan fingerprint density at radius 2 is 2.04 bits per heavy atom. The minimum Gasteiger partial charge on any atom is -0.373 e. The van der Waals surface area contributed by atoms with Gasteiger partial charge < -0.3 is 15.1 Å². The predicted octanol–water partition coefficient (Wildman–Crippen LogP) is 2.67. The minimum atomic E-state index is 0.216. The lowest BCUT2D eigenvalue weighted by Gasteiger charge is -2.49. The summed E-state index contributed by atoms with van der Waals surface area (Å²) in [5.41, 5.74) is 0.216. The third-order valence-electron chi connectivity index (χ3n) is 6.30. The number of hydrogen-bond acceptors (Lipinski definition) is 5. The van der Waals surface area contributed by atoms with E-state index in [9.17, 15) is 4.79 Å². The summed E-state index contributed by atoms with van der Waals surface area (Å²) in [4.78, 5) is 26.2. The molecular weight excluding hydrogens is 314 g/mol. The van der Waals surface area contributed by atoms with Gasteiger partial charge in [0.25, 0.3) is 0 Å². The van der Waals surface area contributed by atoms with E-state index in [0.717, 1.165) is 44.2 Å². The van der Waals surface area contributed by atoms with Crippen molar-refractivity contribution < 1.29 is 4.79 Å². The molecule has 2 aliphatic heterocycles. The van der Waals surface area contributed by atoms with Crippen LogP contribution in [0, 0.1) is 5.41 Å². The molecule has 1 amide bonds. The second-order valence-electron chi connectivity index (χ2n) is 7.98. The molecule has 136 valence electrons.